The zero-order valence-corrected chi connectivity index (χ0v) is 16.4. The van der Waals surface area contributed by atoms with Crippen molar-refractivity contribution in [1.82, 2.24) is 10.2 Å². The van der Waals surface area contributed by atoms with Crippen LogP contribution in [0, 0.1) is 12.3 Å². The fourth-order valence-corrected chi connectivity index (χ4v) is 5.09. The third-order valence-corrected chi connectivity index (χ3v) is 7.32. The van der Waals surface area contributed by atoms with E-state index in [-0.39, 0.29) is 5.91 Å². The van der Waals surface area contributed by atoms with Gasteiger partial charge in [-0.3, -0.25) is 4.79 Å². The summed E-state index contributed by atoms with van der Waals surface area (Å²) in [4.78, 5) is 17.2. The summed E-state index contributed by atoms with van der Waals surface area (Å²) in [5, 5.41) is 2.72. The Bertz CT molecular complexity index is 649. The molecule has 1 spiro atoms. The van der Waals surface area contributed by atoms with Crippen LogP contribution in [0.2, 0.25) is 0 Å². The number of anilines is 1. The molecule has 1 amide bonds. The highest BCUT2D eigenvalue weighted by Crippen LogP contribution is 2.43. The number of hydrogen-bond donors (Lipinski definition) is 1. The lowest BCUT2D eigenvalue weighted by atomic mass is 9.70. The minimum atomic E-state index is 0.00451. The van der Waals surface area contributed by atoms with Crippen molar-refractivity contribution in [2.45, 2.75) is 57.9 Å². The number of aryl methyl sites for hydroxylation is 1. The van der Waals surface area contributed by atoms with Gasteiger partial charge in [-0.05, 0) is 87.7 Å². The molecule has 4 nitrogen and oxygen atoms in total. The first kappa shape index (κ1) is 17.8. The molecule has 0 atom stereocenters. The van der Waals surface area contributed by atoms with Crippen molar-refractivity contribution >= 4 is 11.6 Å². The number of nitrogens with one attached hydrogen (secondary N) is 1. The lowest BCUT2D eigenvalue weighted by molar-refractivity contribution is 0.0306. The normalized spacial score (nSPS) is 23.7. The first-order valence-corrected chi connectivity index (χ1v) is 10.4. The van der Waals surface area contributed by atoms with E-state index in [0.29, 0.717) is 5.41 Å². The molecule has 2 heterocycles. The van der Waals surface area contributed by atoms with Crippen LogP contribution in [0.3, 0.4) is 0 Å². The second-order valence-corrected chi connectivity index (χ2v) is 8.69. The van der Waals surface area contributed by atoms with Crippen LogP contribution in [0.1, 0.15) is 60.9 Å². The van der Waals surface area contributed by atoms with Gasteiger partial charge in [0.1, 0.15) is 0 Å². The summed E-state index contributed by atoms with van der Waals surface area (Å²) in [5.74, 6) is 0.00451. The van der Waals surface area contributed by atoms with Gasteiger partial charge in [0.05, 0.1) is 0 Å². The number of benzene rings is 1. The highest BCUT2D eigenvalue weighted by molar-refractivity contribution is 5.95. The van der Waals surface area contributed by atoms with E-state index in [9.17, 15) is 4.79 Å². The standard InChI is InChI=1S/C22H33N3O/c1-17-16-19(6-7-20(17)21(26)23-2)25-14-10-22(11-15-25)8-12-24(13-9-22)18-4-3-5-18/h6-7,16,18H,3-5,8-15H2,1-2H3,(H,23,26). The zero-order chi connectivity index (χ0) is 18.1. The van der Waals surface area contributed by atoms with E-state index >= 15 is 0 Å². The Kier molecular flexibility index (Phi) is 4.96. The Labute approximate surface area is 157 Å². The molecule has 2 aliphatic heterocycles. The first-order valence-electron chi connectivity index (χ1n) is 10.4. The molecule has 4 rings (SSSR count). The molecule has 0 aromatic heterocycles. The first-order chi connectivity index (χ1) is 12.6. The fraction of sp³-hybridized carbons (Fsp3) is 0.682. The van der Waals surface area contributed by atoms with Crippen LogP contribution in [0.15, 0.2) is 18.2 Å². The Balaban J connectivity index is 1.35. The summed E-state index contributed by atoms with van der Waals surface area (Å²) in [6.45, 7) is 7.00. The van der Waals surface area contributed by atoms with Gasteiger partial charge in [0, 0.05) is 37.4 Å². The summed E-state index contributed by atoms with van der Waals surface area (Å²) in [6.07, 6.45) is 9.75. The molecule has 0 radical (unpaired) electrons. The molecular weight excluding hydrogens is 322 g/mol. The van der Waals surface area contributed by atoms with Crippen molar-refractivity contribution in [2.75, 3.05) is 38.1 Å². The van der Waals surface area contributed by atoms with E-state index in [4.69, 9.17) is 0 Å². The molecule has 1 N–H and O–H groups in total. The predicted molar refractivity (Wildman–Crippen MR) is 107 cm³/mol. The van der Waals surface area contributed by atoms with Crippen LogP contribution in [0.5, 0.6) is 0 Å². The zero-order valence-electron chi connectivity index (χ0n) is 16.4. The van der Waals surface area contributed by atoms with Crippen LogP contribution in [0.25, 0.3) is 0 Å². The molecule has 2 saturated heterocycles. The van der Waals surface area contributed by atoms with Gasteiger partial charge in [0.15, 0.2) is 0 Å². The molecule has 1 aliphatic carbocycles. The molecule has 1 aromatic carbocycles. The third-order valence-electron chi connectivity index (χ3n) is 7.32. The number of piperidine rings is 2. The monoisotopic (exact) mass is 355 g/mol. The maximum absolute atomic E-state index is 11.9. The molecular formula is C22H33N3O. The quantitative estimate of drug-likeness (QED) is 0.900. The Morgan fingerprint density at radius 3 is 2.27 bits per heavy atom. The summed E-state index contributed by atoms with van der Waals surface area (Å²) >= 11 is 0. The summed E-state index contributed by atoms with van der Waals surface area (Å²) < 4.78 is 0. The lowest BCUT2D eigenvalue weighted by Crippen LogP contribution is -2.50. The molecule has 4 heteroatoms. The SMILES string of the molecule is CNC(=O)c1ccc(N2CCC3(CC2)CCN(C2CCC2)CC3)cc1C. The lowest BCUT2D eigenvalue weighted by Gasteiger charge is -2.50. The molecule has 3 fully saturated rings. The summed E-state index contributed by atoms with van der Waals surface area (Å²) in [7, 11) is 1.69. The topological polar surface area (TPSA) is 35.6 Å². The van der Waals surface area contributed by atoms with Crippen molar-refractivity contribution < 1.29 is 4.79 Å². The van der Waals surface area contributed by atoms with E-state index < -0.39 is 0 Å². The van der Waals surface area contributed by atoms with Gasteiger partial charge in [-0.1, -0.05) is 6.42 Å². The van der Waals surface area contributed by atoms with Gasteiger partial charge in [0.25, 0.3) is 5.91 Å². The van der Waals surface area contributed by atoms with Crippen LogP contribution < -0.4 is 10.2 Å². The second kappa shape index (κ2) is 7.22. The number of carbonyl (C=O) groups is 1. The van der Waals surface area contributed by atoms with Gasteiger partial charge in [-0.2, -0.15) is 0 Å². The largest absolute Gasteiger partial charge is 0.371 e. The van der Waals surface area contributed by atoms with Crippen molar-refractivity contribution in [3.63, 3.8) is 0 Å². The van der Waals surface area contributed by atoms with Gasteiger partial charge in [-0.25, -0.2) is 0 Å². The van der Waals surface area contributed by atoms with Crippen molar-refractivity contribution in [1.29, 1.82) is 0 Å². The van der Waals surface area contributed by atoms with Gasteiger partial charge >= 0.3 is 0 Å². The molecule has 0 unspecified atom stereocenters. The van der Waals surface area contributed by atoms with Crippen molar-refractivity contribution in [2.24, 2.45) is 5.41 Å². The van der Waals surface area contributed by atoms with Gasteiger partial charge in [-0.15, -0.1) is 0 Å². The summed E-state index contributed by atoms with van der Waals surface area (Å²) in [6, 6.07) is 7.19. The number of hydrogen-bond acceptors (Lipinski definition) is 3. The number of likely N-dealkylation sites (tertiary alicyclic amines) is 1. The fourth-order valence-electron chi connectivity index (χ4n) is 5.09. The molecule has 26 heavy (non-hydrogen) atoms. The molecule has 0 bridgehead atoms. The van der Waals surface area contributed by atoms with E-state index in [1.165, 1.54) is 63.7 Å². The second-order valence-electron chi connectivity index (χ2n) is 8.69. The minimum Gasteiger partial charge on any atom is -0.371 e. The smallest absolute Gasteiger partial charge is 0.251 e. The Hall–Kier alpha value is -1.55. The highest BCUT2D eigenvalue weighted by atomic mass is 16.1. The Morgan fingerprint density at radius 1 is 1.08 bits per heavy atom. The van der Waals surface area contributed by atoms with E-state index in [1.807, 2.05) is 13.0 Å². The number of carbonyl (C=O) groups excluding carboxylic acids is 1. The minimum absolute atomic E-state index is 0.00451. The van der Waals surface area contributed by atoms with Crippen LogP contribution in [-0.2, 0) is 0 Å². The van der Waals surface area contributed by atoms with Crippen LogP contribution in [0.4, 0.5) is 5.69 Å². The van der Waals surface area contributed by atoms with Gasteiger partial charge < -0.3 is 15.1 Å². The van der Waals surface area contributed by atoms with E-state index in [1.54, 1.807) is 7.05 Å². The van der Waals surface area contributed by atoms with Crippen molar-refractivity contribution in [3.05, 3.63) is 29.3 Å². The maximum Gasteiger partial charge on any atom is 0.251 e. The van der Waals surface area contributed by atoms with Gasteiger partial charge in [0.2, 0.25) is 0 Å². The third kappa shape index (κ3) is 3.36. The predicted octanol–water partition coefficient (Wildman–Crippen LogP) is 3.59. The molecule has 3 aliphatic rings. The maximum atomic E-state index is 11.9. The summed E-state index contributed by atoms with van der Waals surface area (Å²) in [5.41, 5.74) is 3.72. The van der Waals surface area contributed by atoms with Crippen molar-refractivity contribution in [3.8, 4) is 0 Å². The molecule has 1 saturated carbocycles. The van der Waals surface area contributed by atoms with E-state index in [0.717, 1.165) is 30.3 Å². The average molecular weight is 356 g/mol. The van der Waals surface area contributed by atoms with Crippen LogP contribution >= 0.6 is 0 Å². The Morgan fingerprint density at radius 2 is 1.73 bits per heavy atom. The van der Waals surface area contributed by atoms with E-state index in [2.05, 4.69) is 27.2 Å². The number of rotatable bonds is 3. The van der Waals surface area contributed by atoms with Crippen LogP contribution in [-0.4, -0.2) is 50.1 Å². The highest BCUT2D eigenvalue weighted by Gasteiger charge is 2.39. The number of nitrogens with zero attached hydrogens (tertiary/aromatic N) is 2. The molecule has 1 aromatic rings. The number of amides is 1. The molecule has 142 valence electrons. The average Bonchev–Trinajstić information content (AvgIpc) is 2.62.